The van der Waals surface area contributed by atoms with E-state index in [2.05, 4.69) is 15.6 Å². The average molecular weight is 323 g/mol. The van der Waals surface area contributed by atoms with Gasteiger partial charge in [-0.05, 0) is 24.6 Å². The number of carbonyl (C=O) groups is 2. The molecular weight excluding hydrogens is 306 g/mol. The summed E-state index contributed by atoms with van der Waals surface area (Å²) in [5, 5.41) is 5.25. The van der Waals surface area contributed by atoms with Crippen molar-refractivity contribution in [2.45, 2.75) is 19.6 Å². The molecular formula is C18H17N3O3. The van der Waals surface area contributed by atoms with Crippen LogP contribution in [0.1, 0.15) is 16.8 Å². The molecule has 2 amide bonds. The molecule has 24 heavy (non-hydrogen) atoms. The number of nitrogens with one attached hydrogen (secondary N) is 2. The second kappa shape index (κ2) is 6.95. The second-order valence-corrected chi connectivity index (χ2v) is 5.42. The molecule has 2 aromatic rings. The maximum absolute atomic E-state index is 12.2. The van der Waals surface area contributed by atoms with Gasteiger partial charge in [0.2, 0.25) is 0 Å². The molecule has 0 spiro atoms. The van der Waals surface area contributed by atoms with Crippen molar-refractivity contribution in [3.8, 4) is 0 Å². The van der Waals surface area contributed by atoms with Crippen LogP contribution >= 0.6 is 0 Å². The normalized spacial score (nSPS) is 15.9. The van der Waals surface area contributed by atoms with E-state index >= 15 is 0 Å². The molecule has 0 fully saturated rings. The summed E-state index contributed by atoms with van der Waals surface area (Å²) < 4.78 is 5.14. The molecule has 6 nitrogen and oxygen atoms in total. The van der Waals surface area contributed by atoms with Gasteiger partial charge in [-0.3, -0.25) is 4.79 Å². The molecule has 1 aromatic heterocycles. The Morgan fingerprint density at radius 3 is 2.83 bits per heavy atom. The van der Waals surface area contributed by atoms with E-state index in [1.165, 1.54) is 0 Å². The van der Waals surface area contributed by atoms with Crippen LogP contribution in [-0.2, 0) is 16.1 Å². The number of anilines is 1. The Balaban J connectivity index is 1.61. The minimum absolute atomic E-state index is 0.145. The van der Waals surface area contributed by atoms with Gasteiger partial charge in [0.15, 0.2) is 0 Å². The largest absolute Gasteiger partial charge is 0.445 e. The van der Waals surface area contributed by atoms with Gasteiger partial charge in [0.05, 0.1) is 0 Å². The molecule has 0 radical (unpaired) electrons. The highest BCUT2D eigenvalue weighted by Gasteiger charge is 2.22. The number of aryl methyl sites for hydroxylation is 1. The summed E-state index contributed by atoms with van der Waals surface area (Å²) in [7, 11) is 0. The summed E-state index contributed by atoms with van der Waals surface area (Å²) >= 11 is 0. The van der Waals surface area contributed by atoms with Crippen LogP contribution in [-0.4, -0.2) is 23.0 Å². The van der Waals surface area contributed by atoms with Gasteiger partial charge in [-0.25, -0.2) is 9.78 Å². The number of rotatable bonds is 3. The highest BCUT2D eigenvalue weighted by atomic mass is 16.5. The molecule has 0 bridgehead atoms. The predicted octanol–water partition coefficient (Wildman–Crippen LogP) is 2.65. The fourth-order valence-electron chi connectivity index (χ4n) is 2.29. The van der Waals surface area contributed by atoms with Crippen molar-refractivity contribution in [1.82, 2.24) is 10.3 Å². The van der Waals surface area contributed by atoms with Crippen molar-refractivity contribution in [3.05, 3.63) is 65.4 Å². The van der Waals surface area contributed by atoms with Crippen LogP contribution in [0, 0.1) is 6.92 Å². The van der Waals surface area contributed by atoms with Crippen molar-refractivity contribution < 1.29 is 14.3 Å². The van der Waals surface area contributed by atoms with Crippen molar-refractivity contribution in [3.63, 3.8) is 0 Å². The van der Waals surface area contributed by atoms with E-state index in [0.717, 1.165) is 16.8 Å². The Bertz CT molecular complexity index is 787. The lowest BCUT2D eigenvalue weighted by atomic mass is 10.2. The zero-order valence-electron chi connectivity index (χ0n) is 13.2. The molecule has 6 heteroatoms. The number of carbonyl (C=O) groups excluding carboxylic acids is 2. The van der Waals surface area contributed by atoms with Crippen molar-refractivity contribution in [1.29, 1.82) is 0 Å². The lowest BCUT2D eigenvalue weighted by molar-refractivity contribution is -0.117. The number of aromatic nitrogens is 1. The summed E-state index contributed by atoms with van der Waals surface area (Å²) in [4.78, 5) is 28.4. The molecule has 1 atom stereocenters. The van der Waals surface area contributed by atoms with Crippen LogP contribution in [0.5, 0.6) is 0 Å². The Morgan fingerprint density at radius 2 is 2.04 bits per heavy atom. The van der Waals surface area contributed by atoms with Crippen molar-refractivity contribution in [2.24, 2.45) is 0 Å². The minimum Gasteiger partial charge on any atom is -0.445 e. The molecule has 0 unspecified atom stereocenters. The summed E-state index contributed by atoms with van der Waals surface area (Å²) in [6.45, 7) is 1.99. The van der Waals surface area contributed by atoms with Gasteiger partial charge < -0.3 is 15.4 Å². The third-order valence-electron chi connectivity index (χ3n) is 3.54. The lowest BCUT2D eigenvalue weighted by Gasteiger charge is -2.13. The number of pyridine rings is 1. The number of alkyl carbamates (subject to hydrolysis) is 1. The van der Waals surface area contributed by atoms with Crippen LogP contribution in [0.4, 0.5) is 10.6 Å². The van der Waals surface area contributed by atoms with Crippen LogP contribution in [0.3, 0.4) is 0 Å². The number of hydrogen-bond acceptors (Lipinski definition) is 4. The molecule has 1 aromatic carbocycles. The van der Waals surface area contributed by atoms with Crippen LogP contribution < -0.4 is 10.6 Å². The second-order valence-electron chi connectivity index (χ2n) is 5.42. The van der Waals surface area contributed by atoms with E-state index in [1.807, 2.05) is 49.4 Å². The maximum atomic E-state index is 12.2. The molecule has 122 valence electrons. The first-order valence-electron chi connectivity index (χ1n) is 7.56. The van der Waals surface area contributed by atoms with E-state index < -0.39 is 12.1 Å². The number of amides is 2. The lowest BCUT2D eigenvalue weighted by Crippen LogP contribution is -2.42. The molecule has 3 rings (SSSR count). The van der Waals surface area contributed by atoms with E-state index in [0.29, 0.717) is 5.82 Å². The van der Waals surface area contributed by atoms with E-state index in [-0.39, 0.29) is 12.5 Å². The zero-order valence-corrected chi connectivity index (χ0v) is 13.2. The maximum Gasteiger partial charge on any atom is 0.408 e. The topological polar surface area (TPSA) is 80.3 Å². The number of ether oxygens (including phenoxy) is 1. The Labute approximate surface area is 139 Å². The van der Waals surface area contributed by atoms with Gasteiger partial charge >= 0.3 is 6.09 Å². The smallest absolute Gasteiger partial charge is 0.408 e. The molecule has 0 saturated heterocycles. The van der Waals surface area contributed by atoms with Crippen LogP contribution in [0.2, 0.25) is 0 Å². The quantitative estimate of drug-likeness (QED) is 0.910. The first-order valence-corrected chi connectivity index (χ1v) is 7.56. The molecule has 0 aliphatic carbocycles. The van der Waals surface area contributed by atoms with E-state index in [9.17, 15) is 9.59 Å². The van der Waals surface area contributed by atoms with Gasteiger partial charge in [-0.2, -0.15) is 0 Å². The predicted molar refractivity (Wildman–Crippen MR) is 90.2 cm³/mol. The highest BCUT2D eigenvalue weighted by molar-refractivity contribution is 6.00. The standard InChI is InChI=1S/C18H17N3O3/c1-12-7-8-14-9-10-15(17(22)21-16(14)19-12)20-18(23)24-11-13-5-3-2-4-6-13/h2-10,15H,11H2,1H3,(H,20,23)(H,19,21,22)/t15-/m0/s1. The van der Waals surface area contributed by atoms with E-state index in [1.54, 1.807) is 12.2 Å². The minimum atomic E-state index is -0.817. The van der Waals surface area contributed by atoms with Crippen molar-refractivity contribution >= 4 is 23.9 Å². The first-order chi connectivity index (χ1) is 11.6. The highest BCUT2D eigenvalue weighted by Crippen LogP contribution is 2.18. The third kappa shape index (κ3) is 3.78. The van der Waals surface area contributed by atoms with Gasteiger partial charge in [0, 0.05) is 11.3 Å². The van der Waals surface area contributed by atoms with Crippen LogP contribution in [0.15, 0.2) is 48.5 Å². The summed E-state index contributed by atoms with van der Waals surface area (Å²) in [5.41, 5.74) is 2.47. The number of hydrogen-bond donors (Lipinski definition) is 2. The zero-order chi connectivity index (χ0) is 16.9. The Hall–Kier alpha value is -3.15. The average Bonchev–Trinajstić information content (AvgIpc) is 2.73. The van der Waals surface area contributed by atoms with Gasteiger partial charge in [-0.1, -0.05) is 42.5 Å². The molecule has 2 N–H and O–H groups in total. The molecule has 1 aliphatic heterocycles. The monoisotopic (exact) mass is 323 g/mol. The fraction of sp³-hybridized carbons (Fsp3) is 0.167. The Morgan fingerprint density at radius 1 is 1.25 bits per heavy atom. The first kappa shape index (κ1) is 15.7. The molecule has 1 aliphatic rings. The number of nitrogens with zero attached hydrogens (tertiary/aromatic N) is 1. The molecule has 2 heterocycles. The van der Waals surface area contributed by atoms with Crippen LogP contribution in [0.25, 0.3) is 6.08 Å². The van der Waals surface area contributed by atoms with Gasteiger partial charge in [0.25, 0.3) is 5.91 Å². The third-order valence-corrected chi connectivity index (χ3v) is 3.54. The fourth-order valence-corrected chi connectivity index (χ4v) is 2.29. The number of fused-ring (bicyclic) bond motifs is 1. The number of benzene rings is 1. The summed E-state index contributed by atoms with van der Waals surface area (Å²) in [6, 6.07) is 12.2. The van der Waals surface area contributed by atoms with Gasteiger partial charge in [-0.15, -0.1) is 0 Å². The Kier molecular flexibility index (Phi) is 4.56. The summed E-state index contributed by atoms with van der Waals surface area (Å²) in [5.74, 6) is 0.123. The summed E-state index contributed by atoms with van der Waals surface area (Å²) in [6.07, 6.45) is 2.71. The van der Waals surface area contributed by atoms with Crippen molar-refractivity contribution in [2.75, 3.05) is 5.32 Å². The van der Waals surface area contributed by atoms with Gasteiger partial charge in [0.1, 0.15) is 18.5 Å². The van der Waals surface area contributed by atoms with E-state index in [4.69, 9.17) is 4.74 Å². The molecule has 0 saturated carbocycles. The SMILES string of the molecule is Cc1ccc2c(n1)NC(=O)[C@@H](NC(=O)OCc1ccccc1)C=C2.